The maximum atomic E-state index is 13.3. The number of benzene rings is 2. The lowest BCUT2D eigenvalue weighted by Gasteiger charge is -2.24. The maximum absolute atomic E-state index is 13.3. The van der Waals surface area contributed by atoms with E-state index in [2.05, 4.69) is 22.1 Å². The van der Waals surface area contributed by atoms with Crippen LogP contribution in [-0.2, 0) is 35.2 Å². The fourth-order valence-corrected chi connectivity index (χ4v) is 5.59. The van der Waals surface area contributed by atoms with Crippen molar-refractivity contribution < 1.29 is 44.1 Å². The van der Waals surface area contributed by atoms with Crippen LogP contribution in [0.15, 0.2) is 66.0 Å². The normalized spacial score (nSPS) is 12.8. The van der Waals surface area contributed by atoms with E-state index in [1.165, 1.54) is 0 Å². The fraction of sp³-hybridized carbons (Fsp3) is 0.312. The highest BCUT2D eigenvalue weighted by Gasteiger charge is 2.30. The van der Waals surface area contributed by atoms with E-state index in [0.29, 0.717) is 5.56 Å². The number of primary amides is 1. The van der Waals surface area contributed by atoms with Crippen LogP contribution in [0.1, 0.15) is 44.1 Å². The molecular weight excluding hydrogens is 602 g/mol. The van der Waals surface area contributed by atoms with Crippen molar-refractivity contribution >= 4 is 47.0 Å². The van der Waals surface area contributed by atoms with Gasteiger partial charge in [0.1, 0.15) is 12.1 Å². The molecule has 2 aromatic carbocycles. The Morgan fingerprint density at radius 3 is 1.96 bits per heavy atom. The molecule has 0 radical (unpaired) electrons. The molecule has 0 unspecified atom stereocenters. The molecule has 1 heterocycles. The molecule has 7 N–H and O–H groups in total. The van der Waals surface area contributed by atoms with Gasteiger partial charge in [-0.05, 0) is 59.4 Å². The maximum Gasteiger partial charge on any atom is 0.304 e. The van der Waals surface area contributed by atoms with Gasteiger partial charge in [0.15, 0.2) is 0 Å². The minimum Gasteiger partial charge on any atom is -0.481 e. The van der Waals surface area contributed by atoms with Gasteiger partial charge < -0.3 is 31.7 Å². The molecule has 0 saturated carbocycles. The van der Waals surface area contributed by atoms with E-state index < -0.39 is 66.5 Å². The number of hydrogen-bond acceptors (Lipinski definition) is 7. The van der Waals surface area contributed by atoms with Crippen LogP contribution in [-0.4, -0.2) is 63.0 Å². The van der Waals surface area contributed by atoms with Gasteiger partial charge >= 0.3 is 17.9 Å². The summed E-state index contributed by atoms with van der Waals surface area (Å²) >= 11 is 1.58. The Labute approximate surface area is 263 Å². The minimum absolute atomic E-state index is 0.0322. The summed E-state index contributed by atoms with van der Waals surface area (Å²) in [6.07, 6.45) is -1.67. The van der Waals surface area contributed by atoms with Gasteiger partial charge in [0, 0.05) is 17.7 Å². The quantitative estimate of drug-likeness (QED) is 0.121. The smallest absolute Gasteiger partial charge is 0.304 e. The molecule has 1 aromatic heterocycles. The van der Waals surface area contributed by atoms with Crippen molar-refractivity contribution in [2.24, 2.45) is 11.7 Å². The Morgan fingerprint density at radius 2 is 1.36 bits per heavy atom. The van der Waals surface area contributed by atoms with E-state index >= 15 is 0 Å². The summed E-state index contributed by atoms with van der Waals surface area (Å²) in [5, 5.41) is 34.3. The lowest BCUT2D eigenvalue weighted by atomic mass is 9.94. The number of nitrogens with one attached hydrogen (secondary N) is 2. The number of carboxylic acids is 3. The summed E-state index contributed by atoms with van der Waals surface area (Å²) in [7, 11) is 0. The highest BCUT2D eigenvalue weighted by atomic mass is 32.1. The molecule has 0 bridgehead atoms. The average Bonchev–Trinajstić information content (AvgIpc) is 3.49. The Morgan fingerprint density at radius 1 is 0.711 bits per heavy atom. The Balaban J connectivity index is 1.72. The van der Waals surface area contributed by atoms with Crippen LogP contribution in [0.4, 0.5) is 0 Å². The molecule has 3 atom stereocenters. The second kappa shape index (κ2) is 16.7. The third-order valence-corrected chi connectivity index (χ3v) is 8.02. The lowest BCUT2D eigenvalue weighted by molar-refractivity contribution is -0.141. The molecule has 45 heavy (non-hydrogen) atoms. The number of carboxylic acid groups (broad SMARTS) is 3. The predicted molar refractivity (Wildman–Crippen MR) is 166 cm³/mol. The van der Waals surface area contributed by atoms with E-state index in [4.69, 9.17) is 15.9 Å². The molecule has 0 fully saturated rings. The van der Waals surface area contributed by atoms with E-state index in [0.717, 1.165) is 21.6 Å². The summed E-state index contributed by atoms with van der Waals surface area (Å²) < 4.78 is 0. The zero-order chi connectivity index (χ0) is 32.9. The number of nitrogens with two attached hydrogens (primary N) is 1. The first-order valence-electron chi connectivity index (χ1n) is 14.2. The highest BCUT2D eigenvalue weighted by Crippen LogP contribution is 2.33. The minimum atomic E-state index is -1.41. The van der Waals surface area contributed by atoms with E-state index in [-0.39, 0.29) is 32.1 Å². The summed E-state index contributed by atoms with van der Waals surface area (Å²) in [6.45, 7) is 0. The molecule has 0 aliphatic rings. The number of amides is 3. The third kappa shape index (κ3) is 11.2. The van der Waals surface area contributed by atoms with Gasteiger partial charge in [0.2, 0.25) is 17.7 Å². The number of hydrogen-bond donors (Lipinski definition) is 6. The van der Waals surface area contributed by atoms with E-state index in [1.807, 2.05) is 42.5 Å². The van der Waals surface area contributed by atoms with Gasteiger partial charge in [0.25, 0.3) is 0 Å². The van der Waals surface area contributed by atoms with Crippen molar-refractivity contribution in [2.45, 2.75) is 57.0 Å². The van der Waals surface area contributed by atoms with Crippen molar-refractivity contribution in [3.63, 3.8) is 0 Å². The molecule has 0 aliphatic heterocycles. The molecule has 3 aromatic rings. The molecular formula is C32H35N3O9S. The van der Waals surface area contributed by atoms with Gasteiger partial charge in [-0.25, -0.2) is 0 Å². The zero-order valence-corrected chi connectivity index (χ0v) is 25.1. The van der Waals surface area contributed by atoms with Crippen molar-refractivity contribution in [3.05, 3.63) is 71.6 Å². The van der Waals surface area contributed by atoms with Crippen LogP contribution in [0, 0.1) is 5.92 Å². The standard InChI is InChI=1S/C32H35N3O9S/c33-30(42)24(7-4-8-27(36)37)34-32(44)25(13-14-28(38)39)35-31(43)22(17-29(40)41)15-19-9-11-21(12-10-19)26-16-23(18-45-26)20-5-2-1-3-6-20/h1-3,5-6,9-12,16,18,22,24-25H,4,7-8,13-15,17H2,(H2,33,42)(H,34,44)(H,35,43)(H,36,37)(H,38,39)(H,40,41)/t22-,24+,25+/m1/s1. The number of carbonyl (C=O) groups is 6. The second-order valence-electron chi connectivity index (χ2n) is 10.5. The predicted octanol–water partition coefficient (Wildman–Crippen LogP) is 3.29. The first kappa shape index (κ1) is 34.5. The summed E-state index contributed by atoms with van der Waals surface area (Å²) in [6, 6.07) is 16.7. The average molecular weight is 638 g/mol. The highest BCUT2D eigenvalue weighted by molar-refractivity contribution is 7.14. The van der Waals surface area contributed by atoms with Crippen LogP contribution >= 0.6 is 11.3 Å². The molecule has 238 valence electrons. The molecule has 0 saturated heterocycles. The van der Waals surface area contributed by atoms with Crippen LogP contribution in [0.3, 0.4) is 0 Å². The van der Waals surface area contributed by atoms with Crippen molar-refractivity contribution in [3.8, 4) is 21.6 Å². The third-order valence-electron chi connectivity index (χ3n) is 7.04. The summed E-state index contributed by atoms with van der Waals surface area (Å²) in [5.74, 6) is -7.27. The zero-order valence-electron chi connectivity index (χ0n) is 24.3. The Hall–Kier alpha value is -5.04. The van der Waals surface area contributed by atoms with Gasteiger partial charge in [-0.3, -0.25) is 28.8 Å². The van der Waals surface area contributed by atoms with Crippen LogP contribution in [0.5, 0.6) is 0 Å². The first-order chi connectivity index (χ1) is 21.4. The van der Waals surface area contributed by atoms with Gasteiger partial charge in [-0.1, -0.05) is 54.6 Å². The monoisotopic (exact) mass is 637 g/mol. The van der Waals surface area contributed by atoms with E-state index in [1.54, 1.807) is 23.5 Å². The van der Waals surface area contributed by atoms with Crippen molar-refractivity contribution in [1.82, 2.24) is 10.6 Å². The second-order valence-corrected chi connectivity index (χ2v) is 11.4. The number of aliphatic carboxylic acids is 3. The molecule has 0 aliphatic carbocycles. The first-order valence-corrected chi connectivity index (χ1v) is 15.1. The fourth-order valence-electron chi connectivity index (χ4n) is 4.67. The SMILES string of the molecule is NC(=O)[C@H](CCCC(=O)O)NC(=O)[C@H](CCC(=O)O)NC(=O)[C@@H](CC(=O)O)Cc1ccc(-c2cc(-c3ccccc3)cs2)cc1. The van der Waals surface area contributed by atoms with Gasteiger partial charge in [-0.2, -0.15) is 0 Å². The Kier molecular flexibility index (Phi) is 12.8. The number of thiophene rings is 1. The van der Waals surface area contributed by atoms with Gasteiger partial charge in [-0.15, -0.1) is 11.3 Å². The molecule has 0 spiro atoms. The van der Waals surface area contributed by atoms with Crippen molar-refractivity contribution in [1.29, 1.82) is 0 Å². The van der Waals surface area contributed by atoms with Gasteiger partial charge in [0.05, 0.1) is 12.3 Å². The summed E-state index contributed by atoms with van der Waals surface area (Å²) in [4.78, 5) is 72.8. The topological polar surface area (TPSA) is 213 Å². The number of carbonyl (C=O) groups excluding carboxylic acids is 3. The Bertz CT molecular complexity index is 1510. The molecule has 13 heteroatoms. The lowest BCUT2D eigenvalue weighted by Crippen LogP contribution is -2.54. The summed E-state index contributed by atoms with van der Waals surface area (Å²) in [5.41, 5.74) is 9.15. The number of rotatable bonds is 18. The largest absolute Gasteiger partial charge is 0.481 e. The van der Waals surface area contributed by atoms with Crippen LogP contribution < -0.4 is 16.4 Å². The van der Waals surface area contributed by atoms with Crippen LogP contribution in [0.25, 0.3) is 21.6 Å². The molecule has 3 amide bonds. The molecule has 3 rings (SSSR count). The molecule has 12 nitrogen and oxygen atoms in total. The van der Waals surface area contributed by atoms with E-state index in [9.17, 15) is 33.9 Å². The van der Waals surface area contributed by atoms with Crippen LogP contribution in [0.2, 0.25) is 0 Å². The van der Waals surface area contributed by atoms with Crippen molar-refractivity contribution in [2.75, 3.05) is 0 Å².